The number of allylic oxidation sites excluding steroid dienone is 1. The quantitative estimate of drug-likeness (QED) is 0.289. The molecular weight excluding hydrogens is 474 g/mol. The Kier molecular flexibility index (Phi) is 8.72. The van der Waals surface area contributed by atoms with Crippen LogP contribution < -0.4 is 15.4 Å². The Balaban J connectivity index is 1.71. The number of carbonyl (C=O) groups is 2. The zero-order valence-corrected chi connectivity index (χ0v) is 20.7. The largest absolute Gasteiger partial charge is 0.481 e. The van der Waals surface area contributed by atoms with Gasteiger partial charge in [-0.1, -0.05) is 47.6 Å². The highest BCUT2D eigenvalue weighted by Crippen LogP contribution is 2.30. The molecule has 2 atom stereocenters. The van der Waals surface area contributed by atoms with E-state index in [0.717, 1.165) is 0 Å². The first kappa shape index (κ1) is 25.3. The predicted molar refractivity (Wildman–Crippen MR) is 135 cm³/mol. The third kappa shape index (κ3) is 6.61. The first-order chi connectivity index (χ1) is 16.3. The number of carbonyl (C=O) groups excluding carboxylic acids is 2. The van der Waals surface area contributed by atoms with Gasteiger partial charge in [0.05, 0.1) is 10.3 Å². The number of halogens is 1. The van der Waals surface area contributed by atoms with Crippen LogP contribution in [0.1, 0.15) is 32.7 Å². The van der Waals surface area contributed by atoms with Crippen molar-refractivity contribution in [2.24, 2.45) is 0 Å². The molecule has 3 aromatic rings. The van der Waals surface area contributed by atoms with Gasteiger partial charge in [0.1, 0.15) is 5.75 Å². The number of hydrogen-bond donors (Lipinski definition) is 2. The molecule has 0 aliphatic rings. The third-order valence-electron chi connectivity index (χ3n) is 4.66. The van der Waals surface area contributed by atoms with Crippen molar-refractivity contribution in [2.75, 3.05) is 10.6 Å². The minimum Gasteiger partial charge on any atom is -0.481 e. The molecule has 0 radical (unpaired) electrons. The van der Waals surface area contributed by atoms with Crippen molar-refractivity contribution in [3.05, 3.63) is 72.0 Å². The Bertz CT molecular complexity index is 1180. The number of thioether (sulfide) groups is 1. The molecule has 0 aliphatic carbocycles. The molecule has 0 saturated carbocycles. The van der Waals surface area contributed by atoms with Crippen LogP contribution in [0, 0.1) is 0 Å². The number of benzene rings is 2. The van der Waals surface area contributed by atoms with E-state index >= 15 is 0 Å². The number of nitrogens with one attached hydrogen (secondary N) is 2. The SMILES string of the molecule is C=CCn1c(SC(C)C(=O)Nc2cccc(NC(C)=O)c2)nnc1C(C)Oc1ccccc1Cl. The zero-order valence-electron chi connectivity index (χ0n) is 19.1. The van der Waals surface area contributed by atoms with Gasteiger partial charge in [-0.3, -0.25) is 14.2 Å². The molecule has 2 amide bonds. The van der Waals surface area contributed by atoms with Gasteiger partial charge in [-0.05, 0) is 44.2 Å². The fourth-order valence-corrected chi connectivity index (χ4v) is 4.15. The van der Waals surface area contributed by atoms with E-state index in [1.165, 1.54) is 18.7 Å². The van der Waals surface area contributed by atoms with Crippen molar-refractivity contribution in [2.45, 2.75) is 43.8 Å². The summed E-state index contributed by atoms with van der Waals surface area (Å²) in [5.74, 6) is 0.753. The van der Waals surface area contributed by atoms with E-state index in [1.807, 2.05) is 23.6 Å². The second-order valence-corrected chi connectivity index (χ2v) is 9.16. The van der Waals surface area contributed by atoms with Gasteiger partial charge >= 0.3 is 0 Å². The van der Waals surface area contributed by atoms with E-state index in [4.69, 9.17) is 16.3 Å². The second kappa shape index (κ2) is 11.7. The summed E-state index contributed by atoms with van der Waals surface area (Å²) in [6.07, 6.45) is 1.31. The van der Waals surface area contributed by atoms with Crippen molar-refractivity contribution < 1.29 is 14.3 Å². The summed E-state index contributed by atoms with van der Waals surface area (Å²) in [5, 5.41) is 14.8. The molecule has 178 valence electrons. The lowest BCUT2D eigenvalue weighted by molar-refractivity contribution is -0.115. The monoisotopic (exact) mass is 499 g/mol. The summed E-state index contributed by atoms with van der Waals surface area (Å²) in [5.41, 5.74) is 1.19. The summed E-state index contributed by atoms with van der Waals surface area (Å²) in [7, 11) is 0. The van der Waals surface area contributed by atoms with Crippen molar-refractivity contribution >= 4 is 46.6 Å². The molecule has 0 saturated heterocycles. The summed E-state index contributed by atoms with van der Waals surface area (Å²) in [4.78, 5) is 24.1. The Morgan fingerprint density at radius 3 is 2.53 bits per heavy atom. The van der Waals surface area contributed by atoms with Crippen molar-refractivity contribution in [1.29, 1.82) is 0 Å². The molecule has 3 rings (SSSR count). The van der Waals surface area contributed by atoms with Gasteiger partial charge in [-0.25, -0.2) is 0 Å². The number of hydrogen-bond acceptors (Lipinski definition) is 6. The van der Waals surface area contributed by atoms with Crippen LogP contribution >= 0.6 is 23.4 Å². The van der Waals surface area contributed by atoms with Crippen molar-refractivity contribution in [3.8, 4) is 5.75 Å². The first-order valence-electron chi connectivity index (χ1n) is 10.6. The van der Waals surface area contributed by atoms with Gasteiger partial charge in [-0.2, -0.15) is 0 Å². The molecule has 2 unspecified atom stereocenters. The Hall–Kier alpha value is -3.30. The second-order valence-electron chi connectivity index (χ2n) is 7.44. The molecule has 0 spiro atoms. The minimum atomic E-state index is -0.468. The van der Waals surface area contributed by atoms with Crippen LogP contribution in [0.2, 0.25) is 5.02 Å². The maximum Gasteiger partial charge on any atom is 0.237 e. The lowest BCUT2D eigenvalue weighted by atomic mass is 10.2. The number of para-hydroxylation sites is 1. The molecule has 10 heteroatoms. The molecule has 0 aliphatic heterocycles. The Morgan fingerprint density at radius 2 is 1.85 bits per heavy atom. The lowest BCUT2D eigenvalue weighted by Crippen LogP contribution is -2.23. The molecule has 1 heterocycles. The number of nitrogens with zero attached hydrogens (tertiary/aromatic N) is 3. The van der Waals surface area contributed by atoms with Gasteiger partial charge < -0.3 is 15.4 Å². The average Bonchev–Trinajstić information content (AvgIpc) is 3.17. The average molecular weight is 500 g/mol. The van der Waals surface area contributed by atoms with Crippen LogP contribution in [-0.2, 0) is 16.1 Å². The van der Waals surface area contributed by atoms with Crippen LogP contribution in [0.15, 0.2) is 66.3 Å². The minimum absolute atomic E-state index is 0.183. The third-order valence-corrected chi connectivity index (χ3v) is 6.06. The van der Waals surface area contributed by atoms with E-state index < -0.39 is 11.4 Å². The molecule has 0 bridgehead atoms. The van der Waals surface area contributed by atoms with Crippen LogP contribution in [0.25, 0.3) is 0 Å². The molecule has 1 aromatic heterocycles. The molecule has 2 aromatic carbocycles. The summed E-state index contributed by atoms with van der Waals surface area (Å²) < 4.78 is 7.85. The van der Waals surface area contributed by atoms with Crippen LogP contribution in [-0.4, -0.2) is 31.8 Å². The highest BCUT2D eigenvalue weighted by atomic mass is 35.5. The van der Waals surface area contributed by atoms with E-state index in [0.29, 0.717) is 39.7 Å². The van der Waals surface area contributed by atoms with Gasteiger partial charge in [0.25, 0.3) is 0 Å². The fraction of sp³-hybridized carbons (Fsp3) is 0.250. The van der Waals surface area contributed by atoms with Crippen LogP contribution in [0.4, 0.5) is 11.4 Å². The summed E-state index contributed by atoms with van der Waals surface area (Å²) >= 11 is 7.49. The van der Waals surface area contributed by atoms with E-state index in [2.05, 4.69) is 27.4 Å². The summed E-state index contributed by atoms with van der Waals surface area (Å²) in [6.45, 7) is 9.34. The molecule has 0 fully saturated rings. The molecule has 8 nitrogen and oxygen atoms in total. The van der Waals surface area contributed by atoms with E-state index in [1.54, 1.807) is 49.4 Å². The number of aromatic nitrogens is 3. The van der Waals surface area contributed by atoms with Gasteiger partial charge in [0, 0.05) is 24.8 Å². The van der Waals surface area contributed by atoms with E-state index in [9.17, 15) is 9.59 Å². The molecule has 2 N–H and O–H groups in total. The zero-order chi connectivity index (χ0) is 24.7. The van der Waals surface area contributed by atoms with Crippen molar-refractivity contribution in [3.63, 3.8) is 0 Å². The van der Waals surface area contributed by atoms with Gasteiger partial charge in [-0.15, -0.1) is 16.8 Å². The molecule has 34 heavy (non-hydrogen) atoms. The van der Waals surface area contributed by atoms with Crippen LogP contribution in [0.3, 0.4) is 0 Å². The van der Waals surface area contributed by atoms with E-state index in [-0.39, 0.29) is 11.8 Å². The Labute approximate surface area is 207 Å². The number of anilines is 2. The lowest BCUT2D eigenvalue weighted by Gasteiger charge is -2.17. The Morgan fingerprint density at radius 1 is 1.15 bits per heavy atom. The maximum absolute atomic E-state index is 12.8. The highest BCUT2D eigenvalue weighted by molar-refractivity contribution is 8.00. The summed E-state index contributed by atoms with van der Waals surface area (Å²) in [6, 6.07) is 14.2. The topological polar surface area (TPSA) is 98.1 Å². The smallest absolute Gasteiger partial charge is 0.237 e. The maximum atomic E-state index is 12.8. The normalized spacial score (nSPS) is 12.5. The number of ether oxygens (including phenoxy) is 1. The number of rotatable bonds is 10. The van der Waals surface area contributed by atoms with Gasteiger partial charge in [0.15, 0.2) is 17.1 Å². The predicted octanol–water partition coefficient (Wildman–Crippen LogP) is 5.34. The molecular formula is C24H26ClN5O3S. The van der Waals surface area contributed by atoms with Gasteiger partial charge in [0.2, 0.25) is 11.8 Å². The van der Waals surface area contributed by atoms with Crippen LogP contribution in [0.5, 0.6) is 5.75 Å². The number of amides is 2. The standard InChI is InChI=1S/C24H26ClN5O3S/c1-5-13-30-22(15(2)33-21-12-7-6-11-20(21)25)28-29-24(30)34-16(3)23(32)27-19-10-8-9-18(14-19)26-17(4)31/h5-12,14-16H,1,13H2,2-4H3,(H,26,31)(H,27,32). The fourth-order valence-electron chi connectivity index (χ4n) is 3.11. The first-order valence-corrected chi connectivity index (χ1v) is 11.8. The highest BCUT2D eigenvalue weighted by Gasteiger charge is 2.23. The van der Waals surface area contributed by atoms with Crippen molar-refractivity contribution in [1.82, 2.24) is 14.8 Å².